The van der Waals surface area contributed by atoms with Crippen LogP contribution >= 0.6 is 11.3 Å². The van der Waals surface area contributed by atoms with Crippen molar-refractivity contribution in [2.75, 3.05) is 20.2 Å². The summed E-state index contributed by atoms with van der Waals surface area (Å²) in [7, 11) is 1.69. The number of methoxy groups -OCH3 is 1. The molecule has 1 fully saturated rings. The molecule has 0 atom stereocenters. The highest BCUT2D eigenvalue weighted by molar-refractivity contribution is 7.15. The maximum atomic E-state index is 5.40. The van der Waals surface area contributed by atoms with Crippen LogP contribution in [0.4, 0.5) is 0 Å². The number of thiazole rings is 1. The maximum absolute atomic E-state index is 5.40. The average Bonchev–Trinajstić information content (AvgIpc) is 3.06. The summed E-state index contributed by atoms with van der Waals surface area (Å²) < 4.78 is 7.53. The number of fused-ring (bicyclic) bond motifs is 1. The van der Waals surface area contributed by atoms with E-state index in [0.29, 0.717) is 12.1 Å². The van der Waals surface area contributed by atoms with Crippen LogP contribution in [0.3, 0.4) is 0 Å². The Hall–Kier alpha value is -1.11. The van der Waals surface area contributed by atoms with Gasteiger partial charge in [-0.25, -0.2) is 0 Å². The molecule has 0 spiro atoms. The van der Waals surface area contributed by atoms with Crippen LogP contribution in [-0.4, -0.2) is 46.6 Å². The zero-order valence-electron chi connectivity index (χ0n) is 13.0. The molecule has 116 valence electrons. The summed E-state index contributed by atoms with van der Waals surface area (Å²) in [6.07, 6.45) is 4.49. The fraction of sp³-hybridized carbons (Fsp3) is 0.667. The largest absolute Gasteiger partial charge is 0.480 e. The third-order valence-electron chi connectivity index (χ3n) is 4.34. The number of hydrogen-bond acceptors (Lipinski definition) is 5. The molecule has 3 heterocycles. The first kappa shape index (κ1) is 14.8. The molecule has 21 heavy (non-hydrogen) atoms. The van der Waals surface area contributed by atoms with E-state index in [4.69, 9.17) is 4.74 Å². The lowest BCUT2D eigenvalue weighted by Crippen LogP contribution is -2.44. The molecule has 6 heteroatoms. The van der Waals surface area contributed by atoms with Crippen LogP contribution in [0.2, 0.25) is 0 Å². The molecular weight excluding hydrogens is 284 g/mol. The molecule has 2 aromatic rings. The number of likely N-dealkylation sites (tertiary alicyclic amines) is 1. The monoisotopic (exact) mass is 308 g/mol. The molecular formula is C15H24N4OS. The second-order valence-corrected chi connectivity index (χ2v) is 6.78. The molecule has 1 saturated heterocycles. The van der Waals surface area contributed by atoms with Crippen LogP contribution in [0.15, 0.2) is 11.6 Å². The SMILES string of the molecule is COc1nc2sccn2c1CNC1CCN(C(C)C)CC1. The van der Waals surface area contributed by atoms with Gasteiger partial charge in [0.05, 0.1) is 7.11 Å². The first-order valence-electron chi connectivity index (χ1n) is 7.65. The van der Waals surface area contributed by atoms with E-state index in [0.717, 1.165) is 23.1 Å². The summed E-state index contributed by atoms with van der Waals surface area (Å²) in [5, 5.41) is 5.74. The number of hydrogen-bond donors (Lipinski definition) is 1. The van der Waals surface area contributed by atoms with Crippen LogP contribution in [-0.2, 0) is 6.54 Å². The molecule has 3 rings (SSSR count). The lowest BCUT2D eigenvalue weighted by molar-refractivity contribution is 0.160. The van der Waals surface area contributed by atoms with Crippen LogP contribution in [0, 0.1) is 0 Å². The van der Waals surface area contributed by atoms with Crippen molar-refractivity contribution in [3.63, 3.8) is 0 Å². The lowest BCUT2D eigenvalue weighted by atomic mass is 10.0. The van der Waals surface area contributed by atoms with Gasteiger partial charge in [-0.15, -0.1) is 11.3 Å². The minimum Gasteiger partial charge on any atom is -0.480 e. The van der Waals surface area contributed by atoms with Crippen molar-refractivity contribution in [3.8, 4) is 5.88 Å². The summed E-state index contributed by atoms with van der Waals surface area (Å²) >= 11 is 1.64. The number of rotatable bonds is 5. The normalized spacial score (nSPS) is 17.9. The predicted octanol–water partition coefficient (Wildman–Crippen LogP) is 2.37. The Morgan fingerprint density at radius 2 is 2.19 bits per heavy atom. The highest BCUT2D eigenvalue weighted by atomic mass is 32.1. The van der Waals surface area contributed by atoms with Gasteiger partial charge in [0.1, 0.15) is 5.69 Å². The highest BCUT2D eigenvalue weighted by Crippen LogP contribution is 2.23. The molecule has 0 amide bonds. The van der Waals surface area contributed by atoms with Gasteiger partial charge in [0.2, 0.25) is 5.88 Å². The molecule has 1 aliphatic rings. The van der Waals surface area contributed by atoms with Crippen LogP contribution in [0.1, 0.15) is 32.4 Å². The number of piperidine rings is 1. The minimum absolute atomic E-state index is 0.592. The summed E-state index contributed by atoms with van der Waals surface area (Å²) in [5.41, 5.74) is 1.13. The number of nitrogens with zero attached hydrogens (tertiary/aromatic N) is 3. The third kappa shape index (κ3) is 3.07. The predicted molar refractivity (Wildman–Crippen MR) is 86.2 cm³/mol. The van der Waals surface area contributed by atoms with Crippen molar-refractivity contribution >= 4 is 16.3 Å². The van der Waals surface area contributed by atoms with Gasteiger partial charge in [-0.2, -0.15) is 4.98 Å². The van der Waals surface area contributed by atoms with Crippen molar-refractivity contribution in [2.24, 2.45) is 0 Å². The Balaban J connectivity index is 1.61. The summed E-state index contributed by atoms with van der Waals surface area (Å²) in [6.45, 7) is 7.74. The van der Waals surface area contributed by atoms with Crippen molar-refractivity contribution in [3.05, 3.63) is 17.3 Å². The zero-order valence-corrected chi connectivity index (χ0v) is 13.8. The molecule has 0 unspecified atom stereocenters. The molecule has 2 aromatic heterocycles. The fourth-order valence-electron chi connectivity index (χ4n) is 3.00. The number of imidazole rings is 1. The van der Waals surface area contributed by atoms with E-state index in [2.05, 4.69) is 45.0 Å². The van der Waals surface area contributed by atoms with Gasteiger partial charge in [0.15, 0.2) is 4.96 Å². The first-order chi connectivity index (χ1) is 10.2. The molecule has 0 radical (unpaired) electrons. The Morgan fingerprint density at radius 1 is 1.43 bits per heavy atom. The first-order valence-corrected chi connectivity index (χ1v) is 8.53. The molecule has 1 aliphatic heterocycles. The highest BCUT2D eigenvalue weighted by Gasteiger charge is 2.21. The molecule has 0 aromatic carbocycles. The van der Waals surface area contributed by atoms with Gasteiger partial charge in [0, 0.05) is 30.2 Å². The van der Waals surface area contributed by atoms with Crippen LogP contribution in [0.25, 0.3) is 4.96 Å². The Morgan fingerprint density at radius 3 is 2.86 bits per heavy atom. The smallest absolute Gasteiger partial charge is 0.237 e. The topological polar surface area (TPSA) is 41.8 Å². The van der Waals surface area contributed by atoms with Gasteiger partial charge in [-0.1, -0.05) is 0 Å². The van der Waals surface area contributed by atoms with Crippen LogP contribution in [0.5, 0.6) is 5.88 Å². The Labute approximate surface area is 129 Å². The lowest BCUT2D eigenvalue weighted by Gasteiger charge is -2.35. The van der Waals surface area contributed by atoms with E-state index in [1.807, 2.05) is 0 Å². The van der Waals surface area contributed by atoms with Gasteiger partial charge in [-0.3, -0.25) is 4.40 Å². The molecule has 0 saturated carbocycles. The maximum Gasteiger partial charge on any atom is 0.237 e. The number of aromatic nitrogens is 2. The van der Waals surface area contributed by atoms with E-state index < -0.39 is 0 Å². The summed E-state index contributed by atoms with van der Waals surface area (Å²) in [4.78, 5) is 8.05. The average molecular weight is 308 g/mol. The Kier molecular flexibility index (Phi) is 4.47. The molecule has 0 aliphatic carbocycles. The number of ether oxygens (including phenoxy) is 1. The Bertz CT molecular complexity index is 584. The van der Waals surface area contributed by atoms with E-state index in [1.165, 1.54) is 25.9 Å². The van der Waals surface area contributed by atoms with Gasteiger partial charge >= 0.3 is 0 Å². The van der Waals surface area contributed by atoms with Gasteiger partial charge < -0.3 is 15.0 Å². The quantitative estimate of drug-likeness (QED) is 0.921. The van der Waals surface area contributed by atoms with E-state index in [-0.39, 0.29) is 0 Å². The van der Waals surface area contributed by atoms with Crippen molar-refractivity contribution < 1.29 is 4.74 Å². The summed E-state index contributed by atoms with van der Waals surface area (Å²) in [6, 6.07) is 1.25. The fourth-order valence-corrected chi connectivity index (χ4v) is 3.72. The minimum atomic E-state index is 0.592. The number of nitrogens with one attached hydrogen (secondary N) is 1. The van der Waals surface area contributed by atoms with Crippen molar-refractivity contribution in [1.82, 2.24) is 19.6 Å². The van der Waals surface area contributed by atoms with E-state index in [1.54, 1.807) is 18.4 Å². The summed E-state index contributed by atoms with van der Waals surface area (Å²) in [5.74, 6) is 0.744. The molecule has 5 nitrogen and oxygen atoms in total. The zero-order chi connectivity index (χ0) is 14.8. The molecule has 1 N–H and O–H groups in total. The van der Waals surface area contributed by atoms with E-state index in [9.17, 15) is 0 Å². The molecule has 0 bridgehead atoms. The van der Waals surface area contributed by atoms with Gasteiger partial charge in [0.25, 0.3) is 0 Å². The standard InChI is InChI=1S/C15H24N4OS/c1-11(2)18-6-4-12(5-7-18)16-10-13-14(20-3)17-15-19(13)8-9-21-15/h8-9,11-12,16H,4-7,10H2,1-3H3. The van der Waals surface area contributed by atoms with Crippen molar-refractivity contribution in [1.29, 1.82) is 0 Å². The second kappa shape index (κ2) is 6.34. The van der Waals surface area contributed by atoms with Crippen molar-refractivity contribution in [2.45, 2.75) is 45.3 Å². The third-order valence-corrected chi connectivity index (χ3v) is 5.09. The van der Waals surface area contributed by atoms with Crippen LogP contribution < -0.4 is 10.1 Å². The van der Waals surface area contributed by atoms with E-state index >= 15 is 0 Å². The van der Waals surface area contributed by atoms with Gasteiger partial charge in [-0.05, 0) is 39.8 Å². The second-order valence-electron chi connectivity index (χ2n) is 5.91.